The minimum absolute atomic E-state index is 0.104. The molecule has 0 saturated carbocycles. The predicted molar refractivity (Wildman–Crippen MR) is 127 cm³/mol. The second-order valence-corrected chi connectivity index (χ2v) is 9.92. The first-order chi connectivity index (χ1) is 16.2. The zero-order valence-corrected chi connectivity index (χ0v) is 19.4. The molecule has 0 unspecified atom stereocenters. The molecule has 3 aromatic carbocycles. The monoisotopic (exact) mass is 461 g/mol. The van der Waals surface area contributed by atoms with Crippen LogP contribution in [0.4, 0.5) is 5.69 Å². The predicted octanol–water partition coefficient (Wildman–Crippen LogP) is 4.91. The van der Waals surface area contributed by atoms with Crippen molar-refractivity contribution in [2.75, 3.05) is 18.2 Å². The van der Waals surface area contributed by atoms with Crippen LogP contribution in [-0.2, 0) is 14.3 Å². The fourth-order valence-corrected chi connectivity index (χ4v) is 4.63. The van der Waals surface area contributed by atoms with Gasteiger partial charge < -0.3 is 24.2 Å². The summed E-state index contributed by atoms with van der Waals surface area (Å²) in [7, 11) is 0. The number of hydrogen-bond donors (Lipinski definition) is 1. The Morgan fingerprint density at radius 3 is 2.47 bits per heavy atom. The molecular formula is C27H27NO6. The van der Waals surface area contributed by atoms with Gasteiger partial charge in [-0.25, -0.2) is 0 Å². The first-order valence-corrected chi connectivity index (χ1v) is 11.3. The van der Waals surface area contributed by atoms with E-state index in [1.54, 1.807) is 4.90 Å². The van der Waals surface area contributed by atoms with Crippen molar-refractivity contribution in [3.63, 3.8) is 0 Å². The average Bonchev–Trinajstić information content (AvgIpc) is 3.22. The quantitative estimate of drug-likeness (QED) is 0.594. The Morgan fingerprint density at radius 1 is 1.03 bits per heavy atom. The van der Waals surface area contributed by atoms with Crippen molar-refractivity contribution in [2.45, 2.75) is 39.4 Å². The van der Waals surface area contributed by atoms with Crippen LogP contribution in [0, 0.1) is 5.41 Å². The highest BCUT2D eigenvalue weighted by Gasteiger charge is 2.40. The molecule has 5 rings (SSSR count). The van der Waals surface area contributed by atoms with Gasteiger partial charge in [-0.05, 0) is 27.8 Å². The molecule has 2 aliphatic rings. The van der Waals surface area contributed by atoms with Crippen LogP contribution in [0.15, 0.2) is 54.6 Å². The number of benzene rings is 3. The molecule has 0 aromatic heterocycles. The molecule has 0 saturated heterocycles. The van der Waals surface area contributed by atoms with Crippen molar-refractivity contribution in [3.05, 3.63) is 65.7 Å². The number of carboxylic acids is 1. The average molecular weight is 462 g/mol. The molecule has 2 heterocycles. The molecule has 34 heavy (non-hydrogen) atoms. The number of carbonyl (C=O) groups excluding carboxylic acids is 1. The van der Waals surface area contributed by atoms with E-state index in [9.17, 15) is 14.7 Å². The first kappa shape index (κ1) is 22.2. The SMILES string of the molecule is CC(C)(C)CN1C(=O)[C@@H](CC(=O)O)O[C@H](c2cccc3ccccc23)c2cc3c(cc21)OCO3. The summed E-state index contributed by atoms with van der Waals surface area (Å²) in [6.07, 6.45) is -2.25. The summed E-state index contributed by atoms with van der Waals surface area (Å²) in [4.78, 5) is 27.1. The fraction of sp³-hybridized carbons (Fsp3) is 0.333. The third-order valence-corrected chi connectivity index (χ3v) is 6.04. The van der Waals surface area contributed by atoms with Gasteiger partial charge in [0, 0.05) is 18.2 Å². The number of rotatable bonds is 4. The molecule has 0 bridgehead atoms. The van der Waals surface area contributed by atoms with Gasteiger partial charge in [0.2, 0.25) is 6.79 Å². The Balaban J connectivity index is 1.76. The molecular weight excluding hydrogens is 434 g/mol. The lowest BCUT2D eigenvalue weighted by molar-refractivity contribution is -0.147. The zero-order valence-electron chi connectivity index (χ0n) is 19.4. The Labute approximate surface area is 197 Å². The van der Waals surface area contributed by atoms with E-state index < -0.39 is 24.6 Å². The largest absolute Gasteiger partial charge is 0.481 e. The van der Waals surface area contributed by atoms with Gasteiger partial charge in [0.05, 0.1) is 12.1 Å². The topological polar surface area (TPSA) is 85.3 Å². The number of aliphatic carboxylic acids is 1. The number of fused-ring (bicyclic) bond motifs is 3. The van der Waals surface area contributed by atoms with Crippen molar-refractivity contribution in [3.8, 4) is 11.5 Å². The van der Waals surface area contributed by atoms with Crippen LogP contribution in [0.2, 0.25) is 0 Å². The number of amides is 1. The smallest absolute Gasteiger partial charge is 0.306 e. The minimum Gasteiger partial charge on any atom is -0.481 e. The Bertz CT molecular complexity index is 1270. The van der Waals surface area contributed by atoms with Crippen LogP contribution in [-0.4, -0.2) is 36.4 Å². The van der Waals surface area contributed by atoms with Crippen LogP contribution in [0.5, 0.6) is 11.5 Å². The van der Waals surface area contributed by atoms with Gasteiger partial charge >= 0.3 is 5.97 Å². The van der Waals surface area contributed by atoms with E-state index in [1.165, 1.54) is 0 Å². The van der Waals surface area contributed by atoms with Gasteiger partial charge in [0.25, 0.3) is 5.91 Å². The second-order valence-electron chi connectivity index (χ2n) is 9.92. The highest BCUT2D eigenvalue weighted by Crippen LogP contribution is 2.47. The van der Waals surface area contributed by atoms with Crippen LogP contribution in [0.1, 0.15) is 44.4 Å². The maximum atomic E-state index is 13.7. The van der Waals surface area contributed by atoms with Gasteiger partial charge in [-0.2, -0.15) is 0 Å². The molecule has 0 radical (unpaired) electrons. The van der Waals surface area contributed by atoms with Crippen molar-refractivity contribution in [2.24, 2.45) is 5.41 Å². The molecule has 0 fully saturated rings. The van der Waals surface area contributed by atoms with Crippen LogP contribution in [0.25, 0.3) is 10.8 Å². The maximum Gasteiger partial charge on any atom is 0.306 e. The summed E-state index contributed by atoms with van der Waals surface area (Å²) in [6.45, 7) is 6.60. The standard InChI is InChI=1S/C27H27NO6/c1-27(2,3)14-28-20-12-22-21(32-15-33-22)11-19(20)25(34-23(26(28)31)13-24(29)30)18-10-6-8-16-7-4-5-9-17(16)18/h4-12,23,25H,13-15H2,1-3H3,(H,29,30)/t23-,25-/m1/s1. The molecule has 7 heteroatoms. The molecule has 176 valence electrons. The van der Waals surface area contributed by atoms with Gasteiger partial charge in [-0.15, -0.1) is 0 Å². The summed E-state index contributed by atoms with van der Waals surface area (Å²) in [6, 6.07) is 17.5. The maximum absolute atomic E-state index is 13.7. The number of ether oxygens (including phenoxy) is 3. The summed E-state index contributed by atoms with van der Waals surface area (Å²) in [5.74, 6) is -0.336. The molecule has 7 nitrogen and oxygen atoms in total. The number of nitrogens with zero attached hydrogens (tertiary/aromatic N) is 1. The highest BCUT2D eigenvalue weighted by molar-refractivity contribution is 6.00. The number of anilines is 1. The zero-order chi connectivity index (χ0) is 24.0. The summed E-state index contributed by atoms with van der Waals surface area (Å²) >= 11 is 0. The normalized spacial score (nSPS) is 19.7. The molecule has 0 aliphatic carbocycles. The summed E-state index contributed by atoms with van der Waals surface area (Å²) in [5.41, 5.74) is 2.01. The van der Waals surface area contributed by atoms with Gasteiger partial charge in [-0.3, -0.25) is 9.59 Å². The molecule has 2 aliphatic heterocycles. The van der Waals surface area contributed by atoms with Crippen molar-refractivity contribution >= 4 is 28.3 Å². The number of hydrogen-bond acceptors (Lipinski definition) is 5. The third-order valence-electron chi connectivity index (χ3n) is 6.04. The number of carboxylic acid groups (broad SMARTS) is 1. The molecule has 1 amide bonds. The summed E-state index contributed by atoms with van der Waals surface area (Å²) < 4.78 is 17.7. The van der Waals surface area contributed by atoms with E-state index in [4.69, 9.17) is 14.2 Å². The van der Waals surface area contributed by atoms with Gasteiger partial charge in [-0.1, -0.05) is 63.2 Å². The van der Waals surface area contributed by atoms with Crippen LogP contribution in [0.3, 0.4) is 0 Å². The third kappa shape index (κ3) is 4.07. The highest BCUT2D eigenvalue weighted by atomic mass is 16.7. The van der Waals surface area contributed by atoms with E-state index in [0.717, 1.165) is 21.9 Å². The second kappa shape index (κ2) is 8.33. The van der Waals surface area contributed by atoms with E-state index >= 15 is 0 Å². The number of carbonyl (C=O) groups is 2. The molecule has 1 N–H and O–H groups in total. The lowest BCUT2D eigenvalue weighted by Crippen LogP contribution is -2.44. The van der Waals surface area contributed by atoms with Crippen molar-refractivity contribution < 1.29 is 28.9 Å². The minimum atomic E-state index is -1.15. The Kier molecular flexibility index (Phi) is 5.44. The molecule has 0 spiro atoms. The lowest BCUT2D eigenvalue weighted by Gasteiger charge is -2.31. The van der Waals surface area contributed by atoms with Gasteiger partial charge in [0.1, 0.15) is 12.2 Å². The Morgan fingerprint density at radius 2 is 1.74 bits per heavy atom. The fourth-order valence-electron chi connectivity index (χ4n) is 4.63. The summed E-state index contributed by atoms with van der Waals surface area (Å²) in [5, 5.41) is 11.6. The lowest BCUT2D eigenvalue weighted by atomic mass is 9.92. The van der Waals surface area contributed by atoms with E-state index in [0.29, 0.717) is 23.7 Å². The Hall–Kier alpha value is -3.58. The van der Waals surface area contributed by atoms with Crippen LogP contribution >= 0.6 is 0 Å². The first-order valence-electron chi connectivity index (χ1n) is 11.3. The molecule has 3 aromatic rings. The van der Waals surface area contributed by atoms with Crippen LogP contribution < -0.4 is 14.4 Å². The van der Waals surface area contributed by atoms with E-state index in [-0.39, 0.29) is 18.1 Å². The van der Waals surface area contributed by atoms with E-state index in [2.05, 4.69) is 0 Å². The van der Waals surface area contributed by atoms with Crippen molar-refractivity contribution in [1.29, 1.82) is 0 Å². The molecule has 2 atom stereocenters. The van der Waals surface area contributed by atoms with E-state index in [1.807, 2.05) is 75.4 Å². The van der Waals surface area contributed by atoms with Crippen molar-refractivity contribution in [1.82, 2.24) is 0 Å². The van der Waals surface area contributed by atoms with Gasteiger partial charge in [0.15, 0.2) is 11.5 Å².